The fraction of sp³-hybridized carbons (Fsp3) is 0.214. The van der Waals surface area contributed by atoms with E-state index in [1.807, 2.05) is 0 Å². The first kappa shape index (κ1) is 16.2. The molecule has 0 aliphatic carbocycles. The number of hydrogen-bond acceptors (Lipinski definition) is 6. The van der Waals surface area contributed by atoms with Gasteiger partial charge in [0.25, 0.3) is 0 Å². The van der Waals surface area contributed by atoms with Crippen LogP contribution < -0.4 is 14.2 Å². The lowest BCUT2D eigenvalue weighted by Crippen LogP contribution is -2.08. The summed E-state index contributed by atoms with van der Waals surface area (Å²) in [6.45, 7) is 2.37. The number of ether oxygens (including phenoxy) is 3. The van der Waals surface area contributed by atoms with E-state index < -0.39 is 17.9 Å². The Labute approximate surface area is 120 Å². The Bertz CT molecular complexity index is 602. The second-order valence-corrected chi connectivity index (χ2v) is 3.91. The predicted octanol–water partition coefficient (Wildman–Crippen LogP) is 1.64. The lowest BCUT2D eigenvalue weighted by Gasteiger charge is -2.13. The molecule has 0 saturated carbocycles. The molecule has 0 amide bonds. The molecule has 7 nitrogen and oxygen atoms in total. The molecular formula is C14H14O7. The summed E-state index contributed by atoms with van der Waals surface area (Å²) in [5.74, 6) is -2.32. The van der Waals surface area contributed by atoms with E-state index in [1.54, 1.807) is 0 Å². The van der Waals surface area contributed by atoms with Crippen molar-refractivity contribution in [1.82, 2.24) is 0 Å². The summed E-state index contributed by atoms with van der Waals surface area (Å²) in [6, 6.07) is 2.81. The van der Waals surface area contributed by atoms with Crippen molar-refractivity contribution in [3.8, 4) is 17.2 Å². The lowest BCUT2D eigenvalue weighted by atomic mass is 10.1. The van der Waals surface area contributed by atoms with Gasteiger partial charge in [-0.3, -0.25) is 9.59 Å². The number of rotatable bonds is 5. The van der Waals surface area contributed by atoms with Crippen molar-refractivity contribution >= 4 is 24.0 Å². The number of carboxylic acids is 1. The molecule has 1 rings (SSSR count). The Morgan fingerprint density at radius 2 is 1.62 bits per heavy atom. The fourth-order valence-electron chi connectivity index (χ4n) is 1.49. The Balaban J connectivity index is 3.37. The van der Waals surface area contributed by atoms with Gasteiger partial charge >= 0.3 is 17.9 Å². The first-order valence-electron chi connectivity index (χ1n) is 5.83. The van der Waals surface area contributed by atoms with Crippen molar-refractivity contribution in [1.29, 1.82) is 0 Å². The largest absolute Gasteiger partial charge is 0.493 e. The maximum absolute atomic E-state index is 11.1. The van der Waals surface area contributed by atoms with Gasteiger partial charge in [-0.1, -0.05) is 0 Å². The summed E-state index contributed by atoms with van der Waals surface area (Å²) in [5, 5.41) is 8.62. The summed E-state index contributed by atoms with van der Waals surface area (Å²) in [6.07, 6.45) is 2.20. The maximum Gasteiger partial charge on any atom is 0.328 e. The Kier molecular flexibility index (Phi) is 5.48. The van der Waals surface area contributed by atoms with Crippen LogP contribution in [0.5, 0.6) is 17.2 Å². The Morgan fingerprint density at radius 3 is 2.10 bits per heavy atom. The predicted molar refractivity (Wildman–Crippen MR) is 72.3 cm³/mol. The number of benzene rings is 1. The van der Waals surface area contributed by atoms with E-state index in [4.69, 9.17) is 19.3 Å². The van der Waals surface area contributed by atoms with Gasteiger partial charge in [-0.2, -0.15) is 0 Å². The van der Waals surface area contributed by atoms with Crippen molar-refractivity contribution in [3.63, 3.8) is 0 Å². The molecule has 0 aliphatic heterocycles. The Morgan fingerprint density at radius 1 is 1.05 bits per heavy atom. The molecule has 1 aromatic carbocycles. The summed E-state index contributed by atoms with van der Waals surface area (Å²) in [5.41, 5.74) is 0.404. The van der Waals surface area contributed by atoms with E-state index in [-0.39, 0.29) is 17.2 Å². The third-order valence-corrected chi connectivity index (χ3v) is 2.18. The van der Waals surface area contributed by atoms with Crippen molar-refractivity contribution in [3.05, 3.63) is 23.8 Å². The molecule has 21 heavy (non-hydrogen) atoms. The van der Waals surface area contributed by atoms with Gasteiger partial charge in [-0.25, -0.2) is 4.79 Å². The van der Waals surface area contributed by atoms with Crippen LogP contribution in [0.2, 0.25) is 0 Å². The summed E-state index contributed by atoms with van der Waals surface area (Å²) in [4.78, 5) is 32.8. The minimum atomic E-state index is -1.13. The molecule has 0 aliphatic rings. The first-order valence-corrected chi connectivity index (χ1v) is 5.83. The average molecular weight is 294 g/mol. The molecule has 0 spiro atoms. The third kappa shape index (κ3) is 4.98. The van der Waals surface area contributed by atoms with E-state index in [0.717, 1.165) is 6.08 Å². The molecular weight excluding hydrogens is 280 g/mol. The van der Waals surface area contributed by atoms with Gasteiger partial charge in [0.2, 0.25) is 5.75 Å². The van der Waals surface area contributed by atoms with E-state index in [0.29, 0.717) is 5.56 Å². The molecule has 0 fully saturated rings. The van der Waals surface area contributed by atoms with Crippen LogP contribution in [0, 0.1) is 0 Å². The van der Waals surface area contributed by atoms with Crippen LogP contribution in [-0.4, -0.2) is 30.1 Å². The van der Waals surface area contributed by atoms with Crippen molar-refractivity contribution in [2.75, 3.05) is 7.11 Å². The van der Waals surface area contributed by atoms with Crippen LogP contribution >= 0.6 is 0 Å². The average Bonchev–Trinajstić information content (AvgIpc) is 2.37. The number of aliphatic carboxylic acids is 1. The molecule has 0 heterocycles. The zero-order valence-electron chi connectivity index (χ0n) is 11.7. The molecule has 1 N–H and O–H groups in total. The number of methoxy groups -OCH3 is 1. The summed E-state index contributed by atoms with van der Waals surface area (Å²) < 4.78 is 15.0. The van der Waals surface area contributed by atoms with Crippen LogP contribution in [0.15, 0.2) is 18.2 Å². The van der Waals surface area contributed by atoms with Gasteiger partial charge < -0.3 is 19.3 Å². The van der Waals surface area contributed by atoms with E-state index >= 15 is 0 Å². The highest BCUT2D eigenvalue weighted by Gasteiger charge is 2.17. The van der Waals surface area contributed by atoms with Crippen LogP contribution in [0.1, 0.15) is 19.4 Å². The molecule has 7 heteroatoms. The number of hydrogen-bond donors (Lipinski definition) is 1. The number of carboxylic acid groups (broad SMARTS) is 1. The molecule has 0 saturated heterocycles. The molecule has 0 atom stereocenters. The minimum Gasteiger partial charge on any atom is -0.493 e. The standard InChI is InChI=1S/C14H14O7/c1-8(15)20-12-7-10(4-5-13(17)18)6-11(19-3)14(12)21-9(2)16/h4-7H,1-3H3,(H,17,18)/b5-4+. The second-order valence-electron chi connectivity index (χ2n) is 3.91. The lowest BCUT2D eigenvalue weighted by molar-refractivity contribution is -0.134. The smallest absolute Gasteiger partial charge is 0.328 e. The number of carbonyl (C=O) groups is 3. The topological polar surface area (TPSA) is 99.1 Å². The SMILES string of the molecule is COc1cc(/C=C/C(=O)O)cc(OC(C)=O)c1OC(C)=O. The minimum absolute atomic E-state index is 0.0397. The molecule has 0 aromatic heterocycles. The molecule has 0 bridgehead atoms. The Hall–Kier alpha value is -2.83. The number of carbonyl (C=O) groups excluding carboxylic acids is 2. The molecule has 112 valence electrons. The molecule has 0 unspecified atom stereocenters. The van der Waals surface area contributed by atoms with Gasteiger partial charge in [0.15, 0.2) is 11.5 Å². The monoisotopic (exact) mass is 294 g/mol. The summed E-state index contributed by atoms with van der Waals surface area (Å²) >= 11 is 0. The second kappa shape index (κ2) is 7.09. The highest BCUT2D eigenvalue weighted by Crippen LogP contribution is 2.39. The highest BCUT2D eigenvalue weighted by atomic mass is 16.6. The van der Waals surface area contributed by atoms with Crippen molar-refractivity contribution < 1.29 is 33.7 Å². The van der Waals surface area contributed by atoms with Gasteiger partial charge in [0, 0.05) is 19.9 Å². The fourth-order valence-corrected chi connectivity index (χ4v) is 1.49. The van der Waals surface area contributed by atoms with Crippen LogP contribution in [-0.2, 0) is 14.4 Å². The van der Waals surface area contributed by atoms with E-state index in [1.165, 1.54) is 39.2 Å². The van der Waals surface area contributed by atoms with Crippen LogP contribution in [0.25, 0.3) is 6.08 Å². The van der Waals surface area contributed by atoms with E-state index in [2.05, 4.69) is 0 Å². The van der Waals surface area contributed by atoms with Gasteiger partial charge in [0.1, 0.15) is 0 Å². The van der Waals surface area contributed by atoms with Crippen molar-refractivity contribution in [2.24, 2.45) is 0 Å². The van der Waals surface area contributed by atoms with Gasteiger partial charge in [-0.15, -0.1) is 0 Å². The zero-order chi connectivity index (χ0) is 16.0. The molecule has 1 aromatic rings. The van der Waals surface area contributed by atoms with Crippen LogP contribution in [0.3, 0.4) is 0 Å². The van der Waals surface area contributed by atoms with Crippen LogP contribution in [0.4, 0.5) is 0 Å². The third-order valence-electron chi connectivity index (χ3n) is 2.18. The van der Waals surface area contributed by atoms with Gasteiger partial charge in [0.05, 0.1) is 7.11 Å². The van der Waals surface area contributed by atoms with Crippen molar-refractivity contribution in [2.45, 2.75) is 13.8 Å². The first-order chi connectivity index (χ1) is 9.83. The summed E-state index contributed by atoms with van der Waals surface area (Å²) in [7, 11) is 1.34. The molecule has 0 radical (unpaired) electrons. The van der Waals surface area contributed by atoms with Gasteiger partial charge in [-0.05, 0) is 23.8 Å². The van der Waals surface area contributed by atoms with E-state index in [9.17, 15) is 14.4 Å². The quantitative estimate of drug-likeness (QED) is 0.500. The highest BCUT2D eigenvalue weighted by molar-refractivity contribution is 5.86. The normalized spacial score (nSPS) is 10.2. The maximum atomic E-state index is 11.1. The number of esters is 2. The zero-order valence-corrected chi connectivity index (χ0v) is 11.7.